The highest BCUT2D eigenvalue weighted by Gasteiger charge is 2.27. The highest BCUT2D eigenvalue weighted by atomic mass is 16.5. The van der Waals surface area contributed by atoms with Crippen molar-refractivity contribution < 1.29 is 19.4 Å². The number of carbonyl (C=O) groups excluding carboxylic acids is 1. The summed E-state index contributed by atoms with van der Waals surface area (Å²) in [4.78, 5) is 24.1. The smallest absolute Gasteiger partial charge is 0.323 e. The van der Waals surface area contributed by atoms with Crippen LogP contribution in [-0.4, -0.2) is 48.2 Å². The van der Waals surface area contributed by atoms with Gasteiger partial charge >= 0.3 is 5.97 Å². The first-order valence-electron chi connectivity index (χ1n) is 5.73. The number of carboxylic acid groups (broad SMARTS) is 1. The third-order valence-electron chi connectivity index (χ3n) is 2.64. The molecule has 1 rings (SSSR count). The van der Waals surface area contributed by atoms with Crippen LogP contribution in [0, 0.1) is 5.92 Å². The van der Waals surface area contributed by atoms with Crippen LogP contribution >= 0.6 is 0 Å². The molecule has 16 heavy (non-hydrogen) atoms. The second-order valence-corrected chi connectivity index (χ2v) is 4.07. The largest absolute Gasteiger partial charge is 0.480 e. The van der Waals surface area contributed by atoms with E-state index in [2.05, 4.69) is 0 Å². The Hall–Kier alpha value is -1.10. The summed E-state index contributed by atoms with van der Waals surface area (Å²) in [5.41, 5.74) is 0. The van der Waals surface area contributed by atoms with Crippen LogP contribution in [0.25, 0.3) is 0 Å². The van der Waals surface area contributed by atoms with Crippen molar-refractivity contribution in [3.63, 3.8) is 0 Å². The van der Waals surface area contributed by atoms with Crippen LogP contribution in [0.4, 0.5) is 0 Å². The number of amides is 1. The lowest BCUT2D eigenvalue weighted by Crippen LogP contribution is -2.42. The quantitative estimate of drug-likeness (QED) is 0.755. The van der Waals surface area contributed by atoms with Gasteiger partial charge in [0.1, 0.15) is 6.54 Å². The molecule has 1 aliphatic heterocycles. The summed E-state index contributed by atoms with van der Waals surface area (Å²) in [6, 6.07) is 0. The van der Waals surface area contributed by atoms with Crippen molar-refractivity contribution in [2.24, 2.45) is 5.92 Å². The Kier molecular flexibility index (Phi) is 5.25. The van der Waals surface area contributed by atoms with Gasteiger partial charge < -0.3 is 14.7 Å². The number of hydrogen-bond donors (Lipinski definition) is 1. The van der Waals surface area contributed by atoms with E-state index in [0.717, 1.165) is 19.3 Å². The first kappa shape index (κ1) is 13.0. The third-order valence-corrected chi connectivity index (χ3v) is 2.64. The van der Waals surface area contributed by atoms with Gasteiger partial charge in [0, 0.05) is 13.2 Å². The van der Waals surface area contributed by atoms with Crippen LogP contribution < -0.4 is 0 Å². The van der Waals surface area contributed by atoms with E-state index in [1.54, 1.807) is 0 Å². The summed E-state index contributed by atoms with van der Waals surface area (Å²) >= 11 is 0. The zero-order valence-electron chi connectivity index (χ0n) is 9.65. The highest BCUT2D eigenvalue weighted by Crippen LogP contribution is 2.16. The van der Waals surface area contributed by atoms with E-state index in [1.165, 1.54) is 4.90 Å². The van der Waals surface area contributed by atoms with Crippen LogP contribution in [0.1, 0.15) is 26.2 Å². The Morgan fingerprint density at radius 1 is 1.50 bits per heavy atom. The molecule has 0 spiro atoms. The van der Waals surface area contributed by atoms with Gasteiger partial charge in [-0.25, -0.2) is 0 Å². The normalized spacial score (nSPS) is 20.4. The molecule has 1 fully saturated rings. The molecule has 0 aromatic heterocycles. The van der Waals surface area contributed by atoms with Gasteiger partial charge in [-0.3, -0.25) is 9.59 Å². The Bertz CT molecular complexity index is 248. The zero-order valence-corrected chi connectivity index (χ0v) is 9.65. The van der Waals surface area contributed by atoms with Crippen LogP contribution in [0.5, 0.6) is 0 Å². The summed E-state index contributed by atoms with van der Waals surface area (Å²) in [7, 11) is 0. The van der Waals surface area contributed by atoms with Gasteiger partial charge in [0.25, 0.3) is 0 Å². The average Bonchev–Trinajstić information content (AvgIpc) is 2.28. The molecule has 5 nitrogen and oxygen atoms in total. The molecule has 1 heterocycles. The molecule has 1 saturated heterocycles. The maximum Gasteiger partial charge on any atom is 0.323 e. The molecule has 1 atom stereocenters. The lowest BCUT2D eigenvalue weighted by atomic mass is 10.0. The van der Waals surface area contributed by atoms with Gasteiger partial charge in [-0.05, 0) is 19.3 Å². The van der Waals surface area contributed by atoms with Crippen molar-refractivity contribution in [3.05, 3.63) is 0 Å². The van der Waals surface area contributed by atoms with Crippen molar-refractivity contribution >= 4 is 11.9 Å². The number of nitrogens with zero attached hydrogens (tertiary/aromatic N) is 1. The van der Waals surface area contributed by atoms with Crippen molar-refractivity contribution in [2.75, 3.05) is 26.3 Å². The predicted molar refractivity (Wildman–Crippen MR) is 58.0 cm³/mol. The Morgan fingerprint density at radius 3 is 2.75 bits per heavy atom. The Morgan fingerprint density at radius 2 is 2.25 bits per heavy atom. The molecule has 92 valence electrons. The third kappa shape index (κ3) is 3.81. The molecule has 0 aromatic rings. The van der Waals surface area contributed by atoms with Gasteiger partial charge in [0.2, 0.25) is 5.91 Å². The van der Waals surface area contributed by atoms with Gasteiger partial charge in [-0.2, -0.15) is 0 Å². The van der Waals surface area contributed by atoms with E-state index >= 15 is 0 Å². The van der Waals surface area contributed by atoms with Gasteiger partial charge in [0.05, 0.1) is 12.5 Å². The SMILES string of the molecule is CCCN(CC(=O)O)C(=O)C1CCCOC1. The zero-order chi connectivity index (χ0) is 12.0. The standard InChI is InChI=1S/C11H19NO4/c1-2-5-12(7-10(13)14)11(15)9-4-3-6-16-8-9/h9H,2-8H2,1H3,(H,13,14). The Balaban J connectivity index is 2.54. The van der Waals surface area contributed by atoms with E-state index in [9.17, 15) is 9.59 Å². The monoisotopic (exact) mass is 229 g/mol. The molecule has 1 aliphatic rings. The van der Waals surface area contributed by atoms with E-state index in [0.29, 0.717) is 19.8 Å². The number of carbonyl (C=O) groups is 2. The van der Waals surface area contributed by atoms with Crippen LogP contribution in [0.3, 0.4) is 0 Å². The van der Waals surface area contributed by atoms with Crippen molar-refractivity contribution in [1.82, 2.24) is 4.90 Å². The van der Waals surface area contributed by atoms with E-state index in [4.69, 9.17) is 9.84 Å². The molecule has 5 heteroatoms. The molecule has 0 bridgehead atoms. The average molecular weight is 229 g/mol. The summed E-state index contributed by atoms with van der Waals surface area (Å²) in [5, 5.41) is 8.73. The van der Waals surface area contributed by atoms with Crippen molar-refractivity contribution in [1.29, 1.82) is 0 Å². The minimum atomic E-state index is -0.960. The number of ether oxygens (including phenoxy) is 1. The molecular formula is C11H19NO4. The lowest BCUT2D eigenvalue weighted by Gasteiger charge is -2.28. The van der Waals surface area contributed by atoms with Crippen LogP contribution in [0.2, 0.25) is 0 Å². The van der Waals surface area contributed by atoms with Crippen molar-refractivity contribution in [3.8, 4) is 0 Å². The number of hydrogen-bond acceptors (Lipinski definition) is 3. The summed E-state index contributed by atoms with van der Waals surface area (Å²) in [6.07, 6.45) is 2.45. The fourth-order valence-electron chi connectivity index (χ4n) is 1.89. The molecular weight excluding hydrogens is 210 g/mol. The number of rotatable bonds is 5. The minimum Gasteiger partial charge on any atom is -0.480 e. The predicted octanol–water partition coefficient (Wildman–Crippen LogP) is 0.736. The molecule has 1 unspecified atom stereocenters. The lowest BCUT2D eigenvalue weighted by molar-refractivity contribution is -0.148. The van der Waals surface area contributed by atoms with E-state index in [-0.39, 0.29) is 18.4 Å². The highest BCUT2D eigenvalue weighted by molar-refractivity contribution is 5.83. The number of aliphatic carboxylic acids is 1. The van der Waals surface area contributed by atoms with Crippen LogP contribution in [-0.2, 0) is 14.3 Å². The number of carboxylic acids is 1. The van der Waals surface area contributed by atoms with Gasteiger partial charge in [-0.1, -0.05) is 6.92 Å². The summed E-state index contributed by atoms with van der Waals surface area (Å²) < 4.78 is 5.24. The van der Waals surface area contributed by atoms with Crippen LogP contribution in [0.15, 0.2) is 0 Å². The maximum absolute atomic E-state index is 12.0. The van der Waals surface area contributed by atoms with Gasteiger partial charge in [0.15, 0.2) is 0 Å². The molecule has 0 radical (unpaired) electrons. The van der Waals surface area contributed by atoms with Crippen molar-refractivity contribution in [2.45, 2.75) is 26.2 Å². The molecule has 0 saturated carbocycles. The van der Waals surface area contributed by atoms with Gasteiger partial charge in [-0.15, -0.1) is 0 Å². The second kappa shape index (κ2) is 6.48. The maximum atomic E-state index is 12.0. The summed E-state index contributed by atoms with van der Waals surface area (Å²) in [6.45, 7) is 3.36. The minimum absolute atomic E-state index is 0.0797. The second-order valence-electron chi connectivity index (χ2n) is 4.07. The Labute approximate surface area is 95.4 Å². The fraction of sp³-hybridized carbons (Fsp3) is 0.818. The summed E-state index contributed by atoms with van der Waals surface area (Å²) in [5.74, 6) is -1.19. The molecule has 1 amide bonds. The first-order chi connectivity index (χ1) is 7.65. The fourth-order valence-corrected chi connectivity index (χ4v) is 1.89. The first-order valence-corrected chi connectivity index (χ1v) is 5.73. The molecule has 0 aromatic carbocycles. The van der Waals surface area contributed by atoms with E-state index in [1.807, 2.05) is 6.92 Å². The molecule has 0 aliphatic carbocycles. The topological polar surface area (TPSA) is 66.8 Å². The molecule has 1 N–H and O–H groups in total. The van der Waals surface area contributed by atoms with E-state index < -0.39 is 5.97 Å².